The summed E-state index contributed by atoms with van der Waals surface area (Å²) in [5, 5.41) is 6.08. The van der Waals surface area contributed by atoms with Crippen molar-refractivity contribution in [2.24, 2.45) is 0 Å². The van der Waals surface area contributed by atoms with E-state index >= 15 is 0 Å². The van der Waals surface area contributed by atoms with Gasteiger partial charge in [0.05, 0.1) is 11.4 Å². The number of amides is 2. The summed E-state index contributed by atoms with van der Waals surface area (Å²) in [6.45, 7) is 4.57. The van der Waals surface area contributed by atoms with E-state index in [0.29, 0.717) is 24.2 Å². The standard InChI is InChI=1S/C44H80N2O2/c1-3-5-7-9-11-13-15-17-19-21-23-25-27-29-31-33-39-43(47)45-41-37-35-36-38-42(41)46-44(48)40-34-32-30-28-26-24-22-20-18-16-14-12-10-8-6-4-2/h35-38H,3-34,39-40H2,1-2H3,(H,45,47)(H,46,48). The van der Waals surface area contributed by atoms with Gasteiger partial charge in [-0.2, -0.15) is 0 Å². The molecule has 1 rings (SSSR count). The van der Waals surface area contributed by atoms with E-state index in [1.54, 1.807) is 0 Å². The number of para-hydroxylation sites is 2. The largest absolute Gasteiger partial charge is 0.324 e. The molecule has 0 unspecified atom stereocenters. The van der Waals surface area contributed by atoms with Crippen LogP contribution in [0.25, 0.3) is 0 Å². The monoisotopic (exact) mass is 669 g/mol. The van der Waals surface area contributed by atoms with E-state index in [4.69, 9.17) is 0 Å². The molecule has 0 saturated carbocycles. The Morgan fingerprint density at radius 2 is 0.562 bits per heavy atom. The predicted octanol–water partition coefficient (Wildman–Crippen LogP) is 14.9. The van der Waals surface area contributed by atoms with E-state index in [1.807, 2.05) is 24.3 Å². The molecule has 0 aliphatic heterocycles. The van der Waals surface area contributed by atoms with Gasteiger partial charge >= 0.3 is 0 Å². The third-order valence-electron chi connectivity index (χ3n) is 9.99. The lowest BCUT2D eigenvalue weighted by molar-refractivity contribution is -0.117. The van der Waals surface area contributed by atoms with Crippen molar-refractivity contribution in [2.45, 2.75) is 232 Å². The van der Waals surface area contributed by atoms with Gasteiger partial charge in [-0.05, 0) is 25.0 Å². The lowest BCUT2D eigenvalue weighted by Gasteiger charge is -2.12. The molecule has 1 aromatic carbocycles. The third-order valence-corrected chi connectivity index (χ3v) is 9.99. The van der Waals surface area contributed by atoms with Gasteiger partial charge in [0.15, 0.2) is 0 Å². The minimum Gasteiger partial charge on any atom is -0.324 e. The number of carbonyl (C=O) groups excluding carboxylic acids is 2. The van der Waals surface area contributed by atoms with Crippen molar-refractivity contribution in [3.8, 4) is 0 Å². The number of hydrogen-bond donors (Lipinski definition) is 2. The molecule has 4 nitrogen and oxygen atoms in total. The number of carbonyl (C=O) groups is 2. The molecule has 0 spiro atoms. The Hall–Kier alpha value is -1.84. The van der Waals surface area contributed by atoms with Crippen LogP contribution in [0.15, 0.2) is 24.3 Å². The Morgan fingerprint density at radius 3 is 0.792 bits per heavy atom. The number of anilines is 2. The Kier molecular flexibility index (Phi) is 32.2. The van der Waals surface area contributed by atoms with E-state index in [1.165, 1.54) is 180 Å². The van der Waals surface area contributed by atoms with Crippen LogP contribution in [0, 0.1) is 0 Å². The second-order valence-corrected chi connectivity index (χ2v) is 14.7. The first-order valence-electron chi connectivity index (χ1n) is 21.4. The molecule has 4 heteroatoms. The van der Waals surface area contributed by atoms with Gasteiger partial charge in [0.1, 0.15) is 0 Å². The average Bonchev–Trinajstić information content (AvgIpc) is 3.08. The smallest absolute Gasteiger partial charge is 0.224 e. The van der Waals surface area contributed by atoms with Crippen LogP contribution in [-0.4, -0.2) is 11.8 Å². The molecule has 2 amide bonds. The molecule has 0 aliphatic rings. The molecule has 1 aromatic rings. The zero-order valence-corrected chi connectivity index (χ0v) is 32.2. The molecular weight excluding hydrogens is 588 g/mol. The van der Waals surface area contributed by atoms with Crippen LogP contribution >= 0.6 is 0 Å². The second kappa shape index (κ2) is 35.0. The number of benzene rings is 1. The topological polar surface area (TPSA) is 58.2 Å². The summed E-state index contributed by atoms with van der Waals surface area (Å²) >= 11 is 0. The first-order chi connectivity index (χ1) is 23.7. The van der Waals surface area contributed by atoms with Gasteiger partial charge in [0, 0.05) is 12.8 Å². The maximum Gasteiger partial charge on any atom is 0.224 e. The zero-order chi connectivity index (χ0) is 34.6. The average molecular weight is 669 g/mol. The van der Waals surface area contributed by atoms with E-state index in [0.717, 1.165) is 25.7 Å². The fraction of sp³-hybridized carbons (Fsp3) is 0.818. The zero-order valence-electron chi connectivity index (χ0n) is 32.2. The molecule has 0 radical (unpaired) electrons. The molecule has 0 saturated heterocycles. The lowest BCUT2D eigenvalue weighted by atomic mass is 10.0. The first-order valence-corrected chi connectivity index (χ1v) is 21.4. The van der Waals surface area contributed by atoms with Crippen molar-refractivity contribution in [3.63, 3.8) is 0 Å². The van der Waals surface area contributed by atoms with Crippen molar-refractivity contribution in [1.29, 1.82) is 0 Å². The summed E-state index contributed by atoms with van der Waals surface area (Å²) < 4.78 is 0. The Morgan fingerprint density at radius 1 is 0.354 bits per heavy atom. The van der Waals surface area contributed by atoms with Crippen LogP contribution < -0.4 is 10.6 Å². The molecule has 278 valence electrons. The van der Waals surface area contributed by atoms with Crippen molar-refractivity contribution in [2.75, 3.05) is 10.6 Å². The fourth-order valence-corrected chi connectivity index (χ4v) is 6.79. The summed E-state index contributed by atoms with van der Waals surface area (Å²) in [6, 6.07) is 7.59. The number of nitrogens with one attached hydrogen (secondary N) is 2. The molecule has 0 aromatic heterocycles. The highest BCUT2D eigenvalue weighted by atomic mass is 16.2. The van der Waals surface area contributed by atoms with Gasteiger partial charge < -0.3 is 10.6 Å². The van der Waals surface area contributed by atoms with Crippen LogP contribution in [0.1, 0.15) is 232 Å². The quantitative estimate of drug-likeness (QED) is 0.0699. The third kappa shape index (κ3) is 29.1. The number of hydrogen-bond acceptors (Lipinski definition) is 2. The Labute approximate surface area is 299 Å². The van der Waals surface area contributed by atoms with E-state index in [2.05, 4.69) is 24.5 Å². The van der Waals surface area contributed by atoms with Crippen LogP contribution in [0.4, 0.5) is 11.4 Å². The Bertz CT molecular complexity index is 785. The Balaban J connectivity index is 1.98. The second-order valence-electron chi connectivity index (χ2n) is 14.7. The lowest BCUT2D eigenvalue weighted by Crippen LogP contribution is -2.16. The van der Waals surface area contributed by atoms with Gasteiger partial charge in [-0.1, -0.05) is 219 Å². The summed E-state index contributed by atoms with van der Waals surface area (Å²) in [6.07, 6.45) is 43.7. The number of unbranched alkanes of at least 4 members (excludes halogenated alkanes) is 30. The van der Waals surface area contributed by atoms with Gasteiger partial charge in [0.2, 0.25) is 11.8 Å². The van der Waals surface area contributed by atoms with Crippen molar-refractivity contribution in [1.82, 2.24) is 0 Å². The van der Waals surface area contributed by atoms with Gasteiger partial charge in [-0.3, -0.25) is 9.59 Å². The van der Waals surface area contributed by atoms with E-state index < -0.39 is 0 Å². The first kappa shape index (κ1) is 44.2. The molecule has 0 atom stereocenters. The molecule has 0 aliphatic carbocycles. The maximum atomic E-state index is 12.6. The van der Waals surface area contributed by atoms with Crippen LogP contribution in [0.3, 0.4) is 0 Å². The maximum absolute atomic E-state index is 12.6. The van der Waals surface area contributed by atoms with Gasteiger partial charge in [-0.25, -0.2) is 0 Å². The predicted molar refractivity (Wildman–Crippen MR) is 212 cm³/mol. The van der Waals surface area contributed by atoms with Crippen molar-refractivity contribution < 1.29 is 9.59 Å². The SMILES string of the molecule is CCCCCCCCCCCCCCCCCCC(=O)Nc1ccccc1NC(=O)CCCCCCCCCCCCCCCCCC. The highest BCUT2D eigenvalue weighted by Crippen LogP contribution is 2.22. The highest BCUT2D eigenvalue weighted by Gasteiger charge is 2.09. The molecule has 0 bridgehead atoms. The summed E-state index contributed by atoms with van der Waals surface area (Å²) in [5.41, 5.74) is 1.42. The minimum absolute atomic E-state index is 0.0415. The van der Waals surface area contributed by atoms with Crippen molar-refractivity contribution >= 4 is 23.2 Å². The summed E-state index contributed by atoms with van der Waals surface area (Å²) in [5.74, 6) is 0.0831. The molecule has 48 heavy (non-hydrogen) atoms. The van der Waals surface area contributed by atoms with Gasteiger partial charge in [-0.15, -0.1) is 0 Å². The highest BCUT2D eigenvalue weighted by molar-refractivity contribution is 5.99. The molecule has 0 heterocycles. The van der Waals surface area contributed by atoms with E-state index in [9.17, 15) is 9.59 Å². The normalized spacial score (nSPS) is 11.2. The molecule has 2 N–H and O–H groups in total. The van der Waals surface area contributed by atoms with Gasteiger partial charge in [0.25, 0.3) is 0 Å². The van der Waals surface area contributed by atoms with Crippen LogP contribution in [0.5, 0.6) is 0 Å². The summed E-state index contributed by atoms with van der Waals surface area (Å²) in [7, 11) is 0. The van der Waals surface area contributed by atoms with E-state index in [-0.39, 0.29) is 11.8 Å². The number of rotatable bonds is 36. The van der Waals surface area contributed by atoms with Crippen molar-refractivity contribution in [3.05, 3.63) is 24.3 Å². The minimum atomic E-state index is 0.0415. The summed E-state index contributed by atoms with van der Waals surface area (Å²) in [4.78, 5) is 25.2. The van der Waals surface area contributed by atoms with Crippen LogP contribution in [-0.2, 0) is 9.59 Å². The fourth-order valence-electron chi connectivity index (χ4n) is 6.79. The molecular formula is C44H80N2O2. The molecule has 0 fully saturated rings. The van der Waals surface area contributed by atoms with Crippen LogP contribution in [0.2, 0.25) is 0 Å².